The van der Waals surface area contributed by atoms with E-state index in [2.05, 4.69) is 45.0 Å². The van der Waals surface area contributed by atoms with Crippen molar-refractivity contribution in [2.75, 3.05) is 39.4 Å². The molecule has 0 spiro atoms. The first kappa shape index (κ1) is 17.3. The van der Waals surface area contributed by atoms with Crippen LogP contribution in [0, 0.1) is 0 Å². The Morgan fingerprint density at radius 1 is 1.21 bits per heavy atom. The first-order chi connectivity index (χ1) is 11.8. The Labute approximate surface area is 149 Å². The van der Waals surface area contributed by atoms with Gasteiger partial charge in [0.15, 0.2) is 5.11 Å². The predicted octanol–water partition coefficient (Wildman–Crippen LogP) is 1.91. The largest absolute Gasteiger partial charge is 0.379 e. The summed E-state index contributed by atoms with van der Waals surface area (Å²) in [5.41, 5.74) is 6.75. The molecule has 1 aromatic carbocycles. The smallest absolute Gasteiger partial charge is 0.186 e. The SMILES string of the molecule is S=C(NCCCN1CCOCC1)NN=C1CCCc2ccccc21. The van der Waals surface area contributed by atoms with Gasteiger partial charge < -0.3 is 10.1 Å². The molecule has 0 unspecified atom stereocenters. The maximum Gasteiger partial charge on any atom is 0.186 e. The number of nitrogens with one attached hydrogen (secondary N) is 2. The molecule has 24 heavy (non-hydrogen) atoms. The molecule has 1 saturated heterocycles. The molecule has 0 atom stereocenters. The fourth-order valence-corrected chi connectivity index (χ4v) is 3.35. The minimum absolute atomic E-state index is 0.604. The number of hydrogen-bond acceptors (Lipinski definition) is 4. The second-order valence-corrected chi connectivity index (χ2v) is 6.65. The van der Waals surface area contributed by atoms with Gasteiger partial charge in [-0.05, 0) is 50.0 Å². The summed E-state index contributed by atoms with van der Waals surface area (Å²) < 4.78 is 5.36. The molecular weight excluding hydrogens is 320 g/mol. The first-order valence-electron chi connectivity index (χ1n) is 8.82. The van der Waals surface area contributed by atoms with Crippen LogP contribution in [-0.2, 0) is 11.2 Å². The predicted molar refractivity (Wildman–Crippen MR) is 102 cm³/mol. The third-order valence-electron chi connectivity index (χ3n) is 4.52. The van der Waals surface area contributed by atoms with E-state index in [9.17, 15) is 0 Å². The molecule has 0 saturated carbocycles. The standard InChI is InChI=1S/C18H26N4OS/c24-18(19-9-4-10-22-11-13-23-14-12-22)21-20-17-8-3-6-15-5-1-2-7-16(15)17/h1-2,5,7H,3-4,6,8-14H2,(H2,19,21,24). The Bertz CT molecular complexity index is 584. The average Bonchev–Trinajstić information content (AvgIpc) is 2.64. The van der Waals surface area contributed by atoms with E-state index in [0.717, 1.165) is 70.8 Å². The highest BCUT2D eigenvalue weighted by Crippen LogP contribution is 2.21. The van der Waals surface area contributed by atoms with Crippen molar-refractivity contribution in [3.05, 3.63) is 35.4 Å². The topological polar surface area (TPSA) is 48.9 Å². The lowest BCUT2D eigenvalue weighted by Crippen LogP contribution is -2.39. The van der Waals surface area contributed by atoms with Gasteiger partial charge in [-0.3, -0.25) is 10.3 Å². The molecule has 2 N–H and O–H groups in total. The number of ether oxygens (including phenoxy) is 1. The summed E-state index contributed by atoms with van der Waals surface area (Å²) in [7, 11) is 0. The highest BCUT2D eigenvalue weighted by molar-refractivity contribution is 7.80. The van der Waals surface area contributed by atoms with Crippen molar-refractivity contribution >= 4 is 23.0 Å². The number of hydrazone groups is 1. The van der Waals surface area contributed by atoms with Gasteiger partial charge >= 0.3 is 0 Å². The van der Waals surface area contributed by atoms with Crippen LogP contribution in [0.2, 0.25) is 0 Å². The number of rotatable bonds is 5. The molecule has 0 radical (unpaired) electrons. The van der Waals surface area contributed by atoms with E-state index in [1.165, 1.54) is 11.1 Å². The molecule has 6 heteroatoms. The van der Waals surface area contributed by atoms with E-state index in [1.807, 2.05) is 0 Å². The van der Waals surface area contributed by atoms with E-state index < -0.39 is 0 Å². The van der Waals surface area contributed by atoms with Crippen molar-refractivity contribution in [1.82, 2.24) is 15.6 Å². The molecule has 1 heterocycles. The van der Waals surface area contributed by atoms with Crippen LogP contribution in [0.15, 0.2) is 29.4 Å². The quantitative estimate of drug-likeness (QED) is 0.485. The number of nitrogens with zero attached hydrogens (tertiary/aromatic N) is 2. The van der Waals surface area contributed by atoms with Crippen LogP contribution < -0.4 is 10.7 Å². The molecular formula is C18H26N4OS. The van der Waals surface area contributed by atoms with Crippen molar-refractivity contribution in [3.63, 3.8) is 0 Å². The summed E-state index contributed by atoms with van der Waals surface area (Å²) in [4.78, 5) is 2.43. The fourth-order valence-electron chi connectivity index (χ4n) is 3.20. The van der Waals surface area contributed by atoms with Crippen molar-refractivity contribution in [2.24, 2.45) is 5.10 Å². The van der Waals surface area contributed by atoms with Gasteiger partial charge in [0.25, 0.3) is 0 Å². The van der Waals surface area contributed by atoms with Gasteiger partial charge in [0.2, 0.25) is 0 Å². The Balaban J connectivity index is 1.39. The number of aryl methyl sites for hydroxylation is 1. The molecule has 1 aromatic rings. The number of morpholine rings is 1. The van der Waals surface area contributed by atoms with Gasteiger partial charge in [-0.15, -0.1) is 0 Å². The van der Waals surface area contributed by atoms with E-state index in [0.29, 0.717) is 5.11 Å². The van der Waals surface area contributed by atoms with Gasteiger partial charge in [0.05, 0.1) is 18.9 Å². The van der Waals surface area contributed by atoms with Crippen molar-refractivity contribution in [3.8, 4) is 0 Å². The highest BCUT2D eigenvalue weighted by Gasteiger charge is 2.14. The summed E-state index contributed by atoms with van der Waals surface area (Å²) in [6.07, 6.45) is 4.36. The second-order valence-electron chi connectivity index (χ2n) is 6.24. The molecule has 2 aliphatic rings. The van der Waals surface area contributed by atoms with Crippen LogP contribution in [-0.4, -0.2) is 55.1 Å². The molecule has 1 aliphatic heterocycles. The van der Waals surface area contributed by atoms with Crippen LogP contribution in [0.25, 0.3) is 0 Å². The lowest BCUT2D eigenvalue weighted by molar-refractivity contribution is 0.0376. The zero-order chi connectivity index (χ0) is 16.6. The van der Waals surface area contributed by atoms with Crippen molar-refractivity contribution in [1.29, 1.82) is 0 Å². The third-order valence-corrected chi connectivity index (χ3v) is 4.76. The van der Waals surface area contributed by atoms with Crippen LogP contribution in [0.1, 0.15) is 30.4 Å². The molecule has 0 amide bonds. The summed E-state index contributed by atoms with van der Waals surface area (Å²) in [6, 6.07) is 8.50. The minimum Gasteiger partial charge on any atom is -0.379 e. The Kier molecular flexibility index (Phi) is 6.57. The van der Waals surface area contributed by atoms with E-state index >= 15 is 0 Å². The lowest BCUT2D eigenvalue weighted by Gasteiger charge is -2.26. The Morgan fingerprint density at radius 3 is 2.92 bits per heavy atom. The van der Waals surface area contributed by atoms with Crippen LogP contribution in [0.4, 0.5) is 0 Å². The summed E-state index contributed by atoms with van der Waals surface area (Å²) >= 11 is 5.33. The van der Waals surface area contributed by atoms with Crippen LogP contribution >= 0.6 is 12.2 Å². The maximum atomic E-state index is 5.36. The molecule has 0 bridgehead atoms. The van der Waals surface area contributed by atoms with E-state index in [1.54, 1.807) is 0 Å². The molecule has 5 nitrogen and oxygen atoms in total. The summed E-state index contributed by atoms with van der Waals surface area (Å²) in [6.45, 7) is 5.73. The van der Waals surface area contributed by atoms with Gasteiger partial charge in [-0.2, -0.15) is 5.10 Å². The maximum absolute atomic E-state index is 5.36. The van der Waals surface area contributed by atoms with Gasteiger partial charge in [0, 0.05) is 25.2 Å². The Hall–Kier alpha value is -1.50. The summed E-state index contributed by atoms with van der Waals surface area (Å²) in [5, 5.41) is 8.37. The normalized spacial score (nSPS) is 19.8. The summed E-state index contributed by atoms with van der Waals surface area (Å²) in [5.74, 6) is 0. The monoisotopic (exact) mass is 346 g/mol. The zero-order valence-electron chi connectivity index (χ0n) is 14.1. The van der Waals surface area contributed by atoms with Crippen LogP contribution in [0.3, 0.4) is 0 Å². The molecule has 130 valence electrons. The third kappa shape index (κ3) is 5.00. The fraction of sp³-hybridized carbons (Fsp3) is 0.556. The average molecular weight is 347 g/mol. The highest BCUT2D eigenvalue weighted by atomic mass is 32.1. The molecule has 3 rings (SSSR count). The molecule has 1 aliphatic carbocycles. The molecule has 0 aromatic heterocycles. The number of hydrogen-bond donors (Lipinski definition) is 2. The molecule has 1 fully saturated rings. The van der Waals surface area contributed by atoms with Gasteiger partial charge in [-0.1, -0.05) is 24.3 Å². The van der Waals surface area contributed by atoms with E-state index in [4.69, 9.17) is 17.0 Å². The number of fused-ring (bicyclic) bond motifs is 1. The van der Waals surface area contributed by atoms with Gasteiger partial charge in [0.1, 0.15) is 0 Å². The van der Waals surface area contributed by atoms with Crippen LogP contribution in [0.5, 0.6) is 0 Å². The minimum atomic E-state index is 0.604. The van der Waals surface area contributed by atoms with E-state index in [-0.39, 0.29) is 0 Å². The van der Waals surface area contributed by atoms with Crippen molar-refractivity contribution < 1.29 is 4.74 Å². The van der Waals surface area contributed by atoms with Crippen molar-refractivity contribution in [2.45, 2.75) is 25.7 Å². The number of benzene rings is 1. The lowest BCUT2D eigenvalue weighted by atomic mass is 9.90. The number of thiocarbonyl (C=S) groups is 1. The first-order valence-corrected chi connectivity index (χ1v) is 9.22. The van der Waals surface area contributed by atoms with Gasteiger partial charge in [-0.25, -0.2) is 0 Å². The second kappa shape index (κ2) is 9.11. The Morgan fingerprint density at radius 2 is 2.04 bits per heavy atom. The zero-order valence-corrected chi connectivity index (χ0v) is 14.9.